The molecule has 3 aromatic rings. The molecule has 7 heteroatoms. The lowest BCUT2D eigenvalue weighted by atomic mass is 10.2. The van der Waals surface area contributed by atoms with Crippen molar-refractivity contribution in [2.75, 3.05) is 19.8 Å². The van der Waals surface area contributed by atoms with E-state index in [1.807, 2.05) is 37.3 Å². The quantitative estimate of drug-likeness (QED) is 0.268. The Bertz CT molecular complexity index is 1020. The summed E-state index contributed by atoms with van der Waals surface area (Å²) >= 11 is 5.96. The zero-order chi connectivity index (χ0) is 22.1. The SMILES string of the molecule is Cc1cc(OCC(=O)Oc2ccc(C(=O)OCCOc3ccccc3)cc2)ccc1Cl. The molecule has 3 aromatic carbocycles. The summed E-state index contributed by atoms with van der Waals surface area (Å²) in [4.78, 5) is 24.1. The number of esters is 2. The van der Waals surface area contributed by atoms with Crippen molar-refractivity contribution in [3.63, 3.8) is 0 Å². The molecule has 0 aliphatic carbocycles. The summed E-state index contributed by atoms with van der Waals surface area (Å²) in [5, 5.41) is 0.622. The van der Waals surface area contributed by atoms with E-state index < -0.39 is 11.9 Å². The van der Waals surface area contributed by atoms with Crippen LogP contribution in [0.4, 0.5) is 0 Å². The summed E-state index contributed by atoms with van der Waals surface area (Å²) in [6.45, 7) is 1.95. The lowest BCUT2D eigenvalue weighted by molar-refractivity contribution is -0.136. The molecule has 0 bridgehead atoms. The van der Waals surface area contributed by atoms with Crippen LogP contribution in [0.3, 0.4) is 0 Å². The van der Waals surface area contributed by atoms with E-state index in [9.17, 15) is 9.59 Å². The van der Waals surface area contributed by atoms with Gasteiger partial charge in [-0.1, -0.05) is 29.8 Å². The first kappa shape index (κ1) is 22.2. The second-order valence-electron chi connectivity index (χ2n) is 6.50. The summed E-state index contributed by atoms with van der Waals surface area (Å²) < 4.78 is 21.3. The molecule has 0 N–H and O–H groups in total. The lowest BCUT2D eigenvalue weighted by Gasteiger charge is -2.09. The fourth-order valence-electron chi connectivity index (χ4n) is 2.56. The Morgan fingerprint density at radius 2 is 1.52 bits per heavy atom. The van der Waals surface area contributed by atoms with Gasteiger partial charge in [-0.15, -0.1) is 0 Å². The highest BCUT2D eigenvalue weighted by molar-refractivity contribution is 6.31. The Morgan fingerprint density at radius 3 is 2.23 bits per heavy atom. The minimum atomic E-state index is -0.569. The third-order valence-corrected chi connectivity index (χ3v) is 4.56. The molecule has 0 aromatic heterocycles. The number of rotatable bonds is 9. The largest absolute Gasteiger partial charge is 0.490 e. The first-order valence-corrected chi connectivity index (χ1v) is 9.94. The molecule has 0 amide bonds. The van der Waals surface area contributed by atoms with Crippen molar-refractivity contribution in [3.8, 4) is 17.2 Å². The molecule has 6 nitrogen and oxygen atoms in total. The van der Waals surface area contributed by atoms with Crippen molar-refractivity contribution in [2.24, 2.45) is 0 Å². The molecular weight excluding hydrogens is 420 g/mol. The molecule has 0 saturated heterocycles. The first-order chi connectivity index (χ1) is 15.0. The second kappa shape index (κ2) is 11.0. The molecular formula is C24H21ClO6. The molecule has 160 valence electrons. The zero-order valence-corrected chi connectivity index (χ0v) is 17.6. The van der Waals surface area contributed by atoms with E-state index in [0.717, 1.165) is 5.56 Å². The van der Waals surface area contributed by atoms with Gasteiger partial charge in [-0.2, -0.15) is 0 Å². The third kappa shape index (κ3) is 7.04. The highest BCUT2D eigenvalue weighted by atomic mass is 35.5. The van der Waals surface area contributed by atoms with Crippen LogP contribution in [-0.2, 0) is 9.53 Å². The molecule has 0 spiro atoms. The summed E-state index contributed by atoms with van der Waals surface area (Å²) in [7, 11) is 0. The van der Waals surface area contributed by atoms with Gasteiger partial charge in [0.15, 0.2) is 6.61 Å². The fraction of sp³-hybridized carbons (Fsp3) is 0.167. The van der Waals surface area contributed by atoms with Gasteiger partial charge >= 0.3 is 11.9 Å². The van der Waals surface area contributed by atoms with Gasteiger partial charge in [0.2, 0.25) is 0 Å². The molecule has 0 aliphatic heterocycles. The van der Waals surface area contributed by atoms with Crippen LogP contribution in [0.2, 0.25) is 5.02 Å². The Balaban J connectivity index is 1.40. The summed E-state index contributed by atoms with van der Waals surface area (Å²) in [5.41, 5.74) is 1.19. The van der Waals surface area contributed by atoms with E-state index in [4.69, 9.17) is 30.5 Å². The maximum absolute atomic E-state index is 12.1. The molecule has 3 rings (SSSR count). The molecule has 31 heavy (non-hydrogen) atoms. The maximum Gasteiger partial charge on any atom is 0.349 e. The van der Waals surface area contributed by atoms with Crippen molar-refractivity contribution < 1.29 is 28.5 Å². The van der Waals surface area contributed by atoms with Gasteiger partial charge in [0.1, 0.15) is 30.5 Å². The molecule has 0 aliphatic rings. The molecule has 0 saturated carbocycles. The highest BCUT2D eigenvalue weighted by Gasteiger charge is 2.10. The van der Waals surface area contributed by atoms with E-state index in [-0.39, 0.29) is 19.8 Å². The van der Waals surface area contributed by atoms with E-state index in [2.05, 4.69) is 0 Å². The average Bonchev–Trinajstić information content (AvgIpc) is 2.78. The average molecular weight is 441 g/mol. The van der Waals surface area contributed by atoms with E-state index in [0.29, 0.717) is 27.8 Å². The Kier molecular flexibility index (Phi) is 7.90. The van der Waals surface area contributed by atoms with Gasteiger partial charge in [0.05, 0.1) is 5.56 Å². The summed E-state index contributed by atoms with van der Waals surface area (Å²) in [6.07, 6.45) is 0. The van der Waals surface area contributed by atoms with Crippen LogP contribution < -0.4 is 14.2 Å². The van der Waals surface area contributed by atoms with Crippen LogP contribution in [0.5, 0.6) is 17.2 Å². The maximum atomic E-state index is 12.1. The number of halogens is 1. The van der Waals surface area contributed by atoms with Crippen LogP contribution in [-0.4, -0.2) is 31.8 Å². The minimum Gasteiger partial charge on any atom is -0.490 e. The Morgan fingerprint density at radius 1 is 0.806 bits per heavy atom. The van der Waals surface area contributed by atoms with Gasteiger partial charge in [-0.3, -0.25) is 0 Å². The highest BCUT2D eigenvalue weighted by Crippen LogP contribution is 2.21. The molecule has 0 unspecified atom stereocenters. The monoisotopic (exact) mass is 440 g/mol. The number of hydrogen-bond acceptors (Lipinski definition) is 6. The number of para-hydroxylation sites is 1. The number of aryl methyl sites for hydroxylation is 1. The number of carbonyl (C=O) groups excluding carboxylic acids is 2. The van der Waals surface area contributed by atoms with Crippen LogP contribution in [0.25, 0.3) is 0 Å². The smallest absolute Gasteiger partial charge is 0.349 e. The number of carbonyl (C=O) groups is 2. The minimum absolute atomic E-state index is 0.117. The molecule has 0 fully saturated rings. The van der Waals surface area contributed by atoms with Gasteiger partial charge in [-0.05, 0) is 67.1 Å². The van der Waals surface area contributed by atoms with Crippen LogP contribution in [0.15, 0.2) is 72.8 Å². The van der Waals surface area contributed by atoms with Crippen molar-refractivity contribution >= 4 is 23.5 Å². The molecule has 0 heterocycles. The predicted molar refractivity (Wildman–Crippen MR) is 116 cm³/mol. The van der Waals surface area contributed by atoms with E-state index in [1.165, 1.54) is 24.3 Å². The lowest BCUT2D eigenvalue weighted by Crippen LogP contribution is -2.17. The first-order valence-electron chi connectivity index (χ1n) is 9.56. The second-order valence-corrected chi connectivity index (χ2v) is 6.90. The fourth-order valence-corrected chi connectivity index (χ4v) is 2.68. The third-order valence-electron chi connectivity index (χ3n) is 4.14. The standard InChI is InChI=1S/C24H21ClO6/c1-17-15-21(11-12-22(17)25)30-16-23(26)31-20-9-7-18(8-10-20)24(27)29-14-13-28-19-5-3-2-4-6-19/h2-12,15H,13-14,16H2,1H3. The van der Waals surface area contributed by atoms with Crippen LogP contribution >= 0.6 is 11.6 Å². The Hall–Kier alpha value is -3.51. The number of hydrogen-bond donors (Lipinski definition) is 0. The Labute approximate surface area is 185 Å². The van der Waals surface area contributed by atoms with E-state index in [1.54, 1.807) is 18.2 Å². The summed E-state index contributed by atoms with van der Waals surface area (Å²) in [6, 6.07) is 20.4. The van der Waals surface area contributed by atoms with Crippen molar-refractivity contribution in [1.29, 1.82) is 0 Å². The zero-order valence-electron chi connectivity index (χ0n) is 16.9. The normalized spacial score (nSPS) is 10.3. The van der Waals surface area contributed by atoms with Gasteiger partial charge < -0.3 is 18.9 Å². The molecule has 0 radical (unpaired) electrons. The predicted octanol–water partition coefficient (Wildman–Crippen LogP) is 4.87. The number of benzene rings is 3. The van der Waals surface area contributed by atoms with Crippen molar-refractivity contribution in [3.05, 3.63) is 88.9 Å². The van der Waals surface area contributed by atoms with Gasteiger partial charge in [0, 0.05) is 5.02 Å². The van der Waals surface area contributed by atoms with E-state index >= 15 is 0 Å². The topological polar surface area (TPSA) is 71.1 Å². The van der Waals surface area contributed by atoms with Crippen molar-refractivity contribution in [1.82, 2.24) is 0 Å². The van der Waals surface area contributed by atoms with Gasteiger partial charge in [-0.25, -0.2) is 9.59 Å². The number of ether oxygens (including phenoxy) is 4. The van der Waals surface area contributed by atoms with Crippen molar-refractivity contribution in [2.45, 2.75) is 6.92 Å². The molecule has 0 atom stereocenters. The van der Waals surface area contributed by atoms with Gasteiger partial charge in [0.25, 0.3) is 0 Å². The summed E-state index contributed by atoms with van der Waals surface area (Å²) in [5.74, 6) is 0.467. The van der Waals surface area contributed by atoms with Crippen LogP contribution in [0.1, 0.15) is 15.9 Å². The van der Waals surface area contributed by atoms with Crippen LogP contribution in [0, 0.1) is 6.92 Å².